The Morgan fingerprint density at radius 3 is 2.94 bits per heavy atom. The first-order chi connectivity index (χ1) is 8.36. The number of hydrogen-bond acceptors (Lipinski definition) is 4. The van der Waals surface area contributed by atoms with Gasteiger partial charge in [-0.15, -0.1) is 0 Å². The van der Waals surface area contributed by atoms with Crippen LogP contribution in [0.4, 0.5) is 0 Å². The van der Waals surface area contributed by atoms with Crippen molar-refractivity contribution in [2.24, 2.45) is 0 Å². The van der Waals surface area contributed by atoms with Crippen molar-refractivity contribution in [2.45, 2.75) is 31.7 Å². The predicted molar refractivity (Wildman–Crippen MR) is 64.8 cm³/mol. The molecule has 0 saturated carbocycles. The Morgan fingerprint density at radius 1 is 1.41 bits per heavy atom. The number of rotatable bonds is 4. The molecule has 1 aromatic heterocycles. The molecule has 1 aliphatic heterocycles. The Bertz CT molecular complexity index is 348. The van der Waals surface area contributed by atoms with E-state index in [-0.39, 0.29) is 5.97 Å². The molecule has 0 bridgehead atoms. The van der Waals surface area contributed by atoms with Crippen LogP contribution in [0, 0.1) is 0 Å². The largest absolute Gasteiger partial charge is 0.462 e. The Kier molecular flexibility index (Phi) is 4.50. The summed E-state index contributed by atoms with van der Waals surface area (Å²) in [6, 6.07) is 3.84. The lowest BCUT2D eigenvalue weighted by Gasteiger charge is -2.23. The van der Waals surface area contributed by atoms with E-state index >= 15 is 0 Å². The van der Waals surface area contributed by atoms with Crippen molar-refractivity contribution >= 4 is 5.97 Å². The second kappa shape index (κ2) is 6.35. The van der Waals surface area contributed by atoms with E-state index < -0.39 is 0 Å². The van der Waals surface area contributed by atoms with Crippen LogP contribution in [-0.4, -0.2) is 30.1 Å². The quantitative estimate of drug-likeness (QED) is 0.807. The molecule has 17 heavy (non-hydrogen) atoms. The molecule has 2 rings (SSSR count). The maximum absolute atomic E-state index is 11.6. The highest BCUT2D eigenvalue weighted by Crippen LogP contribution is 2.10. The molecule has 1 atom stereocenters. The van der Waals surface area contributed by atoms with Crippen LogP contribution in [0.15, 0.2) is 24.5 Å². The van der Waals surface area contributed by atoms with Gasteiger partial charge in [0.25, 0.3) is 0 Å². The lowest BCUT2D eigenvalue weighted by molar-refractivity contribution is 0.0486. The van der Waals surface area contributed by atoms with Crippen LogP contribution < -0.4 is 5.32 Å². The van der Waals surface area contributed by atoms with Gasteiger partial charge in [-0.1, -0.05) is 6.42 Å². The third kappa shape index (κ3) is 3.82. The first-order valence-corrected chi connectivity index (χ1v) is 6.17. The van der Waals surface area contributed by atoms with Crippen LogP contribution in [0.1, 0.15) is 36.0 Å². The summed E-state index contributed by atoms with van der Waals surface area (Å²) < 4.78 is 5.22. The summed E-state index contributed by atoms with van der Waals surface area (Å²) in [5.41, 5.74) is 0.566. The van der Waals surface area contributed by atoms with Gasteiger partial charge in [-0.25, -0.2) is 4.79 Å². The van der Waals surface area contributed by atoms with Gasteiger partial charge < -0.3 is 10.1 Å². The summed E-state index contributed by atoms with van der Waals surface area (Å²) in [6.45, 7) is 1.57. The predicted octanol–water partition coefficient (Wildman–Crippen LogP) is 1.77. The lowest BCUT2D eigenvalue weighted by Crippen LogP contribution is -2.35. The van der Waals surface area contributed by atoms with Gasteiger partial charge in [0.15, 0.2) is 0 Å². The van der Waals surface area contributed by atoms with Gasteiger partial charge in [-0.05, 0) is 37.9 Å². The van der Waals surface area contributed by atoms with Crippen molar-refractivity contribution in [3.63, 3.8) is 0 Å². The topological polar surface area (TPSA) is 51.2 Å². The van der Waals surface area contributed by atoms with E-state index in [0.717, 1.165) is 13.0 Å². The fourth-order valence-electron chi connectivity index (χ4n) is 2.04. The number of nitrogens with zero attached hydrogens (tertiary/aromatic N) is 1. The fraction of sp³-hybridized carbons (Fsp3) is 0.538. The molecule has 4 nitrogen and oxygen atoms in total. The summed E-state index contributed by atoms with van der Waals surface area (Å²) in [5.74, 6) is -0.261. The Balaban J connectivity index is 1.69. The summed E-state index contributed by atoms with van der Waals surface area (Å²) in [5, 5.41) is 3.43. The SMILES string of the molecule is O=C(OCC[C@@H]1CCCCN1)c1ccncc1. The third-order valence-corrected chi connectivity index (χ3v) is 3.03. The highest BCUT2D eigenvalue weighted by Gasteiger charge is 2.13. The number of hydrogen-bond donors (Lipinski definition) is 1. The van der Waals surface area contributed by atoms with E-state index in [0.29, 0.717) is 18.2 Å². The molecule has 0 radical (unpaired) electrons. The first kappa shape index (κ1) is 12.0. The molecule has 1 N–H and O–H groups in total. The summed E-state index contributed by atoms with van der Waals surface area (Å²) in [7, 11) is 0. The van der Waals surface area contributed by atoms with Crippen LogP contribution in [0.5, 0.6) is 0 Å². The monoisotopic (exact) mass is 234 g/mol. The highest BCUT2D eigenvalue weighted by molar-refractivity contribution is 5.89. The smallest absolute Gasteiger partial charge is 0.338 e. The maximum Gasteiger partial charge on any atom is 0.338 e. The Hall–Kier alpha value is -1.42. The molecule has 1 aromatic rings. The van der Waals surface area contributed by atoms with Crippen molar-refractivity contribution in [3.05, 3.63) is 30.1 Å². The van der Waals surface area contributed by atoms with Gasteiger partial charge in [0.1, 0.15) is 0 Å². The zero-order valence-corrected chi connectivity index (χ0v) is 9.89. The zero-order valence-electron chi connectivity index (χ0n) is 9.89. The molecule has 0 amide bonds. The van der Waals surface area contributed by atoms with E-state index in [1.807, 2.05) is 0 Å². The Labute approximate surface area is 101 Å². The average Bonchev–Trinajstić information content (AvgIpc) is 2.41. The van der Waals surface area contributed by atoms with Crippen LogP contribution in [-0.2, 0) is 4.74 Å². The maximum atomic E-state index is 11.6. The molecule has 2 heterocycles. The minimum Gasteiger partial charge on any atom is -0.462 e. The second-order valence-corrected chi connectivity index (χ2v) is 4.31. The molecule has 0 unspecified atom stereocenters. The molecular weight excluding hydrogens is 216 g/mol. The van der Waals surface area contributed by atoms with Crippen molar-refractivity contribution in [2.75, 3.05) is 13.2 Å². The molecule has 0 spiro atoms. The van der Waals surface area contributed by atoms with Gasteiger partial charge in [0.05, 0.1) is 12.2 Å². The van der Waals surface area contributed by atoms with Crippen molar-refractivity contribution in [1.29, 1.82) is 0 Å². The van der Waals surface area contributed by atoms with Crippen molar-refractivity contribution < 1.29 is 9.53 Å². The minimum atomic E-state index is -0.261. The molecule has 92 valence electrons. The standard InChI is InChI=1S/C13H18N2O2/c16-13(11-4-8-14-9-5-11)17-10-6-12-3-1-2-7-15-12/h4-5,8-9,12,15H,1-3,6-7,10H2/t12-/m0/s1. The van der Waals surface area contributed by atoms with E-state index in [1.54, 1.807) is 24.5 Å². The van der Waals surface area contributed by atoms with Gasteiger partial charge in [-0.2, -0.15) is 0 Å². The zero-order chi connectivity index (χ0) is 11.9. The molecule has 1 saturated heterocycles. The summed E-state index contributed by atoms with van der Waals surface area (Å²) in [6.07, 6.45) is 7.81. The first-order valence-electron chi connectivity index (χ1n) is 6.17. The van der Waals surface area contributed by atoms with Crippen LogP contribution in [0.2, 0.25) is 0 Å². The molecular formula is C13H18N2O2. The van der Waals surface area contributed by atoms with E-state index in [9.17, 15) is 4.79 Å². The molecule has 0 aliphatic carbocycles. The number of carbonyl (C=O) groups excluding carboxylic acids is 1. The number of piperidine rings is 1. The average molecular weight is 234 g/mol. The third-order valence-electron chi connectivity index (χ3n) is 3.03. The normalized spacial score (nSPS) is 19.9. The van der Waals surface area contributed by atoms with Gasteiger partial charge in [0, 0.05) is 18.4 Å². The number of esters is 1. The second-order valence-electron chi connectivity index (χ2n) is 4.31. The van der Waals surface area contributed by atoms with Crippen LogP contribution >= 0.6 is 0 Å². The van der Waals surface area contributed by atoms with Crippen LogP contribution in [0.25, 0.3) is 0 Å². The van der Waals surface area contributed by atoms with Gasteiger partial charge in [0.2, 0.25) is 0 Å². The van der Waals surface area contributed by atoms with Crippen molar-refractivity contribution in [1.82, 2.24) is 10.3 Å². The molecule has 4 heteroatoms. The van der Waals surface area contributed by atoms with E-state index in [2.05, 4.69) is 10.3 Å². The fourth-order valence-corrected chi connectivity index (χ4v) is 2.04. The molecule has 1 fully saturated rings. The highest BCUT2D eigenvalue weighted by atomic mass is 16.5. The number of nitrogens with one attached hydrogen (secondary N) is 1. The molecule has 0 aromatic carbocycles. The number of aromatic nitrogens is 1. The number of pyridine rings is 1. The summed E-state index contributed by atoms with van der Waals surface area (Å²) in [4.78, 5) is 15.5. The van der Waals surface area contributed by atoms with Crippen LogP contribution in [0.3, 0.4) is 0 Å². The summed E-state index contributed by atoms with van der Waals surface area (Å²) >= 11 is 0. The van der Waals surface area contributed by atoms with Crippen molar-refractivity contribution in [3.8, 4) is 0 Å². The number of carbonyl (C=O) groups is 1. The lowest BCUT2D eigenvalue weighted by atomic mass is 10.0. The Morgan fingerprint density at radius 2 is 2.24 bits per heavy atom. The minimum absolute atomic E-state index is 0.261. The van der Waals surface area contributed by atoms with E-state index in [1.165, 1.54) is 19.3 Å². The van der Waals surface area contributed by atoms with Gasteiger partial charge in [-0.3, -0.25) is 4.98 Å². The molecule has 1 aliphatic rings. The van der Waals surface area contributed by atoms with E-state index in [4.69, 9.17) is 4.74 Å². The number of ether oxygens (including phenoxy) is 1. The van der Waals surface area contributed by atoms with Gasteiger partial charge >= 0.3 is 5.97 Å².